The molecule has 0 rings (SSSR count). The summed E-state index contributed by atoms with van der Waals surface area (Å²) in [6.45, 7) is 0. The standard InChI is InChI=1S/Co.H2O.2S/h;1H2;;. The first-order valence-corrected chi connectivity index (χ1v) is 3.37. The molecule has 0 saturated heterocycles. The Morgan fingerprint density at radius 2 is 1.25 bits per heavy atom. The topological polar surface area (TPSA) is 31.5 Å². The zero-order valence-corrected chi connectivity index (χ0v) is 4.32. The number of hydrogen-bond acceptors (Lipinski definition) is 2. The van der Waals surface area contributed by atoms with Crippen molar-refractivity contribution in [2.75, 3.05) is 0 Å². The fourth-order valence-corrected chi connectivity index (χ4v) is 0. The van der Waals surface area contributed by atoms with E-state index in [1.165, 1.54) is 0 Å². The summed E-state index contributed by atoms with van der Waals surface area (Å²) in [5.74, 6) is 0. The van der Waals surface area contributed by atoms with Gasteiger partial charge in [-0.1, -0.05) is 0 Å². The van der Waals surface area contributed by atoms with Crippen LogP contribution < -0.4 is 0 Å². The van der Waals surface area contributed by atoms with Gasteiger partial charge in [0.05, 0.1) is 0 Å². The van der Waals surface area contributed by atoms with Gasteiger partial charge in [-0.25, -0.2) is 0 Å². The van der Waals surface area contributed by atoms with Crippen LogP contribution in [0.15, 0.2) is 0 Å². The van der Waals surface area contributed by atoms with Gasteiger partial charge in [-0.2, -0.15) is 0 Å². The van der Waals surface area contributed by atoms with Crippen molar-refractivity contribution in [1.29, 1.82) is 0 Å². The van der Waals surface area contributed by atoms with E-state index in [0.717, 1.165) is 0 Å². The van der Waals surface area contributed by atoms with E-state index in [-0.39, 0.29) is 5.48 Å². The molecule has 29 valence electrons. The molecule has 2 N–H and O–H groups in total. The van der Waals surface area contributed by atoms with Gasteiger partial charge >= 0.3 is 32.7 Å². The van der Waals surface area contributed by atoms with Crippen LogP contribution in [-0.2, 0) is 11.5 Å². The Balaban J connectivity index is 0. The van der Waals surface area contributed by atoms with Crippen LogP contribution in [0.3, 0.4) is 0 Å². The summed E-state index contributed by atoms with van der Waals surface area (Å²) in [6, 6.07) is 0. The maximum atomic E-state index is 4.18. The van der Waals surface area contributed by atoms with Gasteiger partial charge in [0, 0.05) is 0 Å². The number of hydrogen-bond donors (Lipinski definition) is 0. The van der Waals surface area contributed by atoms with Crippen LogP contribution in [0, 0.1) is 0 Å². The molecule has 0 aliphatic rings. The Hall–Kier alpha value is 0.906. The van der Waals surface area contributed by atoms with E-state index in [0.29, 0.717) is 11.5 Å². The summed E-state index contributed by atoms with van der Waals surface area (Å²) >= 11 is 0.604. The van der Waals surface area contributed by atoms with E-state index in [9.17, 15) is 0 Å². The minimum absolute atomic E-state index is 0. The SMILES string of the molecule is O.[S]=[Co]=[S]. The summed E-state index contributed by atoms with van der Waals surface area (Å²) in [7, 11) is 8.35. The van der Waals surface area contributed by atoms with E-state index in [4.69, 9.17) is 0 Å². The molecule has 4 heteroatoms. The summed E-state index contributed by atoms with van der Waals surface area (Å²) in [4.78, 5) is 0. The van der Waals surface area contributed by atoms with Crippen LogP contribution >= 0.6 is 21.2 Å². The van der Waals surface area contributed by atoms with Gasteiger partial charge in [0.15, 0.2) is 0 Å². The van der Waals surface area contributed by atoms with Gasteiger partial charge in [0.2, 0.25) is 0 Å². The molecule has 0 amide bonds. The van der Waals surface area contributed by atoms with Gasteiger partial charge in [-0.3, -0.25) is 0 Å². The zero-order valence-electron chi connectivity index (χ0n) is 1.65. The van der Waals surface area contributed by atoms with Gasteiger partial charge in [-0.05, 0) is 0 Å². The second-order valence-electron chi connectivity index (χ2n) is 0.0556. The van der Waals surface area contributed by atoms with Gasteiger partial charge < -0.3 is 5.48 Å². The Bertz CT molecular complexity index is 27.0. The van der Waals surface area contributed by atoms with Gasteiger partial charge in [-0.15, -0.1) is 0 Å². The molecule has 0 aliphatic heterocycles. The molecular formula is H2CoOS2. The van der Waals surface area contributed by atoms with Crippen molar-refractivity contribution in [2.45, 2.75) is 0 Å². The fourth-order valence-electron chi connectivity index (χ4n) is 0. The Morgan fingerprint density at radius 1 is 1.25 bits per heavy atom. The molecule has 1 nitrogen and oxygen atoms in total. The fraction of sp³-hybridized carbons (Fsp3) is 0. The van der Waals surface area contributed by atoms with E-state index in [1.54, 1.807) is 0 Å². The third kappa shape index (κ3) is 12.9. The van der Waals surface area contributed by atoms with Crippen molar-refractivity contribution >= 4 is 21.2 Å². The molecule has 0 aromatic carbocycles. The van der Waals surface area contributed by atoms with E-state index >= 15 is 0 Å². The van der Waals surface area contributed by atoms with Crippen LogP contribution in [0.2, 0.25) is 0 Å². The average molecular weight is 141 g/mol. The quantitative estimate of drug-likeness (QED) is 0.491. The third-order valence-corrected chi connectivity index (χ3v) is 0. The van der Waals surface area contributed by atoms with E-state index in [1.807, 2.05) is 0 Å². The molecule has 0 aliphatic carbocycles. The average Bonchev–Trinajstić information content (AvgIpc) is 0.918. The first kappa shape index (κ1) is 8.86. The third-order valence-electron chi connectivity index (χ3n) is 0. The first-order chi connectivity index (χ1) is 1.41. The molecule has 0 aromatic heterocycles. The molecule has 0 spiro atoms. The molecule has 0 saturated carbocycles. The molecule has 0 aromatic rings. The second-order valence-corrected chi connectivity index (χ2v) is 2.06. The van der Waals surface area contributed by atoms with Crippen molar-refractivity contribution in [2.24, 2.45) is 0 Å². The monoisotopic (exact) mass is 141 g/mol. The van der Waals surface area contributed by atoms with E-state index < -0.39 is 0 Å². The molecule has 0 bridgehead atoms. The summed E-state index contributed by atoms with van der Waals surface area (Å²) in [5, 5.41) is 0. The van der Waals surface area contributed by atoms with Crippen LogP contribution in [0.4, 0.5) is 0 Å². The number of rotatable bonds is 0. The maximum absolute atomic E-state index is 4.18. The van der Waals surface area contributed by atoms with Crippen molar-refractivity contribution in [3.05, 3.63) is 0 Å². The predicted octanol–water partition coefficient (Wildman–Crippen LogP) is 0.469. The molecule has 0 unspecified atom stereocenters. The first-order valence-electron chi connectivity index (χ1n) is 0.272. The molecule has 0 radical (unpaired) electrons. The Labute approximate surface area is 38.5 Å². The van der Waals surface area contributed by atoms with Crippen molar-refractivity contribution < 1.29 is 16.9 Å². The van der Waals surface area contributed by atoms with E-state index in [2.05, 4.69) is 21.2 Å². The van der Waals surface area contributed by atoms with Crippen LogP contribution in [0.1, 0.15) is 0 Å². The van der Waals surface area contributed by atoms with Crippen LogP contribution in [0.5, 0.6) is 0 Å². The minimum atomic E-state index is 0. The molecule has 0 heterocycles. The van der Waals surface area contributed by atoms with Gasteiger partial charge in [0.1, 0.15) is 0 Å². The Kier molecular flexibility index (Phi) is 20.1. The molecule has 0 atom stereocenters. The van der Waals surface area contributed by atoms with Crippen molar-refractivity contribution in [3.8, 4) is 0 Å². The second kappa shape index (κ2) is 9.08. The predicted molar refractivity (Wildman–Crippen MR) is 18.8 cm³/mol. The summed E-state index contributed by atoms with van der Waals surface area (Å²) < 4.78 is 0. The molecule has 0 fully saturated rings. The molecular weight excluding hydrogens is 139 g/mol. The summed E-state index contributed by atoms with van der Waals surface area (Å²) in [5.41, 5.74) is 0. The Morgan fingerprint density at radius 3 is 1.25 bits per heavy atom. The summed E-state index contributed by atoms with van der Waals surface area (Å²) in [6.07, 6.45) is 0. The van der Waals surface area contributed by atoms with Gasteiger partial charge in [0.25, 0.3) is 0 Å². The van der Waals surface area contributed by atoms with Crippen molar-refractivity contribution in [3.63, 3.8) is 0 Å². The normalized spacial score (nSPS) is 4.00. The molecule has 4 heavy (non-hydrogen) atoms. The van der Waals surface area contributed by atoms with Crippen molar-refractivity contribution in [1.82, 2.24) is 0 Å². The zero-order chi connectivity index (χ0) is 2.71. The van der Waals surface area contributed by atoms with Crippen LogP contribution in [0.25, 0.3) is 0 Å². The van der Waals surface area contributed by atoms with Crippen LogP contribution in [-0.4, -0.2) is 5.48 Å².